The number of likely N-dealkylation sites (tertiary alicyclic amines) is 1. The molecule has 17 heavy (non-hydrogen) atoms. The van der Waals surface area contributed by atoms with Gasteiger partial charge in [-0.2, -0.15) is 0 Å². The summed E-state index contributed by atoms with van der Waals surface area (Å²) in [5.74, 6) is -2.06. The van der Waals surface area contributed by atoms with Crippen molar-refractivity contribution in [2.45, 2.75) is 13.3 Å². The zero-order valence-electron chi connectivity index (χ0n) is 10.3. The van der Waals surface area contributed by atoms with Crippen LogP contribution in [-0.2, 0) is 14.4 Å². The number of hydrogen-bond donors (Lipinski definition) is 1. The normalized spacial score (nSPS) is 21.5. The minimum absolute atomic E-state index is 0.0389. The van der Waals surface area contributed by atoms with Crippen molar-refractivity contribution >= 4 is 17.8 Å². The fraction of sp³-hybridized carbons (Fsp3) is 0.727. The van der Waals surface area contributed by atoms with Crippen molar-refractivity contribution in [2.75, 3.05) is 27.2 Å². The first kappa shape index (κ1) is 13.5. The quantitative estimate of drug-likeness (QED) is 0.730. The third kappa shape index (κ3) is 3.18. The van der Waals surface area contributed by atoms with Crippen LogP contribution in [0.25, 0.3) is 0 Å². The molecule has 6 heteroatoms. The van der Waals surface area contributed by atoms with Crippen molar-refractivity contribution in [1.82, 2.24) is 9.80 Å². The lowest BCUT2D eigenvalue weighted by Gasteiger charge is -2.22. The van der Waals surface area contributed by atoms with Crippen molar-refractivity contribution in [1.29, 1.82) is 0 Å². The van der Waals surface area contributed by atoms with Crippen LogP contribution < -0.4 is 0 Å². The number of aliphatic carboxylic acids is 1. The Hall–Kier alpha value is -1.59. The Morgan fingerprint density at radius 2 is 2.18 bits per heavy atom. The van der Waals surface area contributed by atoms with Crippen molar-refractivity contribution in [3.8, 4) is 0 Å². The zero-order chi connectivity index (χ0) is 13.2. The second-order valence-electron chi connectivity index (χ2n) is 4.63. The lowest BCUT2D eigenvalue weighted by molar-refractivity contribution is -0.143. The van der Waals surface area contributed by atoms with Crippen LogP contribution >= 0.6 is 0 Å². The smallest absolute Gasteiger partial charge is 0.308 e. The van der Waals surface area contributed by atoms with Gasteiger partial charge in [-0.3, -0.25) is 14.4 Å². The molecule has 1 aliphatic heterocycles. The maximum absolute atomic E-state index is 11.9. The number of carboxylic acid groups (broad SMARTS) is 1. The summed E-state index contributed by atoms with van der Waals surface area (Å²) in [4.78, 5) is 36.9. The van der Waals surface area contributed by atoms with E-state index in [1.54, 1.807) is 21.0 Å². The molecule has 1 heterocycles. The molecule has 0 saturated carbocycles. The number of carboxylic acids is 1. The molecule has 96 valence electrons. The van der Waals surface area contributed by atoms with E-state index in [0.717, 1.165) is 0 Å². The van der Waals surface area contributed by atoms with E-state index in [2.05, 4.69) is 0 Å². The molecular weight excluding hydrogens is 224 g/mol. The Balaban J connectivity index is 2.53. The molecule has 0 aromatic heterocycles. The topological polar surface area (TPSA) is 77.9 Å². The van der Waals surface area contributed by atoms with Crippen LogP contribution in [0.1, 0.15) is 13.3 Å². The molecule has 6 nitrogen and oxygen atoms in total. The molecule has 0 bridgehead atoms. The van der Waals surface area contributed by atoms with Crippen LogP contribution in [0.2, 0.25) is 0 Å². The van der Waals surface area contributed by atoms with Gasteiger partial charge in [0.15, 0.2) is 0 Å². The molecule has 0 spiro atoms. The van der Waals surface area contributed by atoms with Crippen LogP contribution in [-0.4, -0.2) is 59.9 Å². The summed E-state index contributed by atoms with van der Waals surface area (Å²) >= 11 is 0. The molecule has 1 fully saturated rings. The summed E-state index contributed by atoms with van der Waals surface area (Å²) < 4.78 is 0. The SMILES string of the molecule is CC(CN(C)C(=O)C1CC(=O)N(C)C1)C(=O)O. The van der Waals surface area contributed by atoms with Crippen molar-refractivity contribution < 1.29 is 19.5 Å². The number of carbonyl (C=O) groups excluding carboxylic acids is 2. The van der Waals surface area contributed by atoms with Gasteiger partial charge in [0.1, 0.15) is 0 Å². The van der Waals surface area contributed by atoms with E-state index in [1.165, 1.54) is 9.80 Å². The number of nitrogens with zero attached hydrogens (tertiary/aromatic N) is 2. The lowest BCUT2D eigenvalue weighted by Crippen LogP contribution is -2.38. The van der Waals surface area contributed by atoms with Gasteiger partial charge in [0.25, 0.3) is 0 Å². The number of carbonyl (C=O) groups is 3. The first-order valence-electron chi connectivity index (χ1n) is 5.54. The predicted molar refractivity (Wildman–Crippen MR) is 60.2 cm³/mol. The molecule has 0 aromatic rings. The minimum Gasteiger partial charge on any atom is -0.481 e. The van der Waals surface area contributed by atoms with E-state index >= 15 is 0 Å². The van der Waals surface area contributed by atoms with E-state index in [4.69, 9.17) is 5.11 Å². The summed E-state index contributed by atoms with van der Waals surface area (Å²) in [6.45, 7) is 2.14. The Bertz CT molecular complexity index is 342. The van der Waals surface area contributed by atoms with Crippen molar-refractivity contribution in [3.05, 3.63) is 0 Å². The second kappa shape index (κ2) is 5.16. The van der Waals surface area contributed by atoms with Gasteiger partial charge in [-0.15, -0.1) is 0 Å². The van der Waals surface area contributed by atoms with E-state index in [0.29, 0.717) is 6.54 Å². The third-order valence-corrected chi connectivity index (χ3v) is 3.04. The molecule has 1 rings (SSSR count). The molecule has 0 aliphatic carbocycles. The van der Waals surface area contributed by atoms with Gasteiger partial charge in [0, 0.05) is 33.6 Å². The van der Waals surface area contributed by atoms with Gasteiger partial charge < -0.3 is 14.9 Å². The van der Waals surface area contributed by atoms with Gasteiger partial charge in [0.05, 0.1) is 11.8 Å². The fourth-order valence-electron chi connectivity index (χ4n) is 1.92. The highest BCUT2D eigenvalue weighted by Crippen LogP contribution is 2.18. The van der Waals surface area contributed by atoms with E-state index < -0.39 is 11.9 Å². The summed E-state index contributed by atoms with van der Waals surface area (Å²) in [6.07, 6.45) is 0.223. The highest BCUT2D eigenvalue weighted by Gasteiger charge is 2.34. The molecular formula is C11H18N2O4. The highest BCUT2D eigenvalue weighted by molar-refractivity contribution is 5.89. The standard InChI is InChI=1S/C11H18N2O4/c1-7(11(16)17)5-13(3)10(15)8-4-9(14)12(2)6-8/h7-8H,4-6H2,1-3H3,(H,16,17). The van der Waals surface area contributed by atoms with Gasteiger partial charge in [-0.05, 0) is 0 Å². The summed E-state index contributed by atoms with van der Waals surface area (Å²) in [5, 5.41) is 8.76. The first-order chi connectivity index (χ1) is 7.82. The average molecular weight is 242 g/mol. The third-order valence-electron chi connectivity index (χ3n) is 3.04. The Kier molecular flexibility index (Phi) is 4.09. The largest absolute Gasteiger partial charge is 0.481 e. The fourth-order valence-corrected chi connectivity index (χ4v) is 1.92. The molecule has 2 unspecified atom stereocenters. The van der Waals surface area contributed by atoms with Crippen LogP contribution in [0.5, 0.6) is 0 Å². The lowest BCUT2D eigenvalue weighted by atomic mass is 10.1. The molecule has 1 aliphatic rings. The predicted octanol–water partition coefficient (Wildman–Crippen LogP) is -0.356. The molecule has 0 radical (unpaired) electrons. The van der Waals surface area contributed by atoms with Crippen molar-refractivity contribution in [3.63, 3.8) is 0 Å². The Labute approximate surface area is 100 Å². The molecule has 1 saturated heterocycles. The van der Waals surface area contributed by atoms with Gasteiger partial charge in [0.2, 0.25) is 11.8 Å². The van der Waals surface area contributed by atoms with E-state index in [9.17, 15) is 14.4 Å². The highest BCUT2D eigenvalue weighted by atomic mass is 16.4. The van der Waals surface area contributed by atoms with Crippen LogP contribution in [0, 0.1) is 11.8 Å². The maximum Gasteiger partial charge on any atom is 0.308 e. The number of amides is 2. The number of hydrogen-bond acceptors (Lipinski definition) is 3. The minimum atomic E-state index is -0.927. The zero-order valence-corrected chi connectivity index (χ0v) is 10.3. The summed E-state index contributed by atoms with van der Waals surface area (Å²) in [5.41, 5.74) is 0. The monoisotopic (exact) mass is 242 g/mol. The number of rotatable bonds is 4. The second-order valence-corrected chi connectivity index (χ2v) is 4.63. The Morgan fingerprint density at radius 1 is 1.59 bits per heavy atom. The summed E-state index contributed by atoms with van der Waals surface area (Å²) in [7, 11) is 3.24. The van der Waals surface area contributed by atoms with Gasteiger partial charge in [-0.1, -0.05) is 6.92 Å². The molecule has 2 atom stereocenters. The maximum atomic E-state index is 11.9. The van der Waals surface area contributed by atoms with Gasteiger partial charge in [-0.25, -0.2) is 0 Å². The molecule has 0 aromatic carbocycles. The van der Waals surface area contributed by atoms with Crippen LogP contribution in [0.15, 0.2) is 0 Å². The summed E-state index contributed by atoms with van der Waals surface area (Å²) in [6, 6.07) is 0. The van der Waals surface area contributed by atoms with Gasteiger partial charge >= 0.3 is 5.97 Å². The first-order valence-corrected chi connectivity index (χ1v) is 5.54. The van der Waals surface area contributed by atoms with E-state index in [-0.39, 0.29) is 30.7 Å². The molecule has 2 amide bonds. The molecule has 1 N–H and O–H groups in total. The van der Waals surface area contributed by atoms with Crippen molar-refractivity contribution in [2.24, 2.45) is 11.8 Å². The van der Waals surface area contributed by atoms with Crippen LogP contribution in [0.3, 0.4) is 0 Å². The van der Waals surface area contributed by atoms with E-state index in [1.807, 2.05) is 0 Å². The van der Waals surface area contributed by atoms with Crippen LogP contribution in [0.4, 0.5) is 0 Å². The Morgan fingerprint density at radius 3 is 2.59 bits per heavy atom. The average Bonchev–Trinajstić information content (AvgIpc) is 2.57.